The Morgan fingerprint density at radius 3 is 2.44 bits per heavy atom. The Balaban J connectivity index is 2.61. The van der Waals surface area contributed by atoms with E-state index in [-0.39, 0.29) is 15.4 Å². The highest BCUT2D eigenvalue weighted by Gasteiger charge is 2.24. The number of benzene rings is 2. The van der Waals surface area contributed by atoms with Crippen molar-refractivity contribution in [2.75, 3.05) is 13.6 Å². The average molecular weight is 355 g/mol. The fourth-order valence-corrected chi connectivity index (χ4v) is 4.05. The summed E-state index contributed by atoms with van der Waals surface area (Å²) in [7, 11) is -1.88. The second kappa shape index (κ2) is 7.49. The van der Waals surface area contributed by atoms with Crippen molar-refractivity contribution in [2.24, 2.45) is 4.99 Å². The first kappa shape index (κ1) is 18.7. The Kier molecular flexibility index (Phi) is 5.60. The molecule has 0 saturated carbocycles. The van der Waals surface area contributed by atoms with Gasteiger partial charge in [0.2, 0.25) is 9.84 Å². The molecule has 0 aliphatic rings. The maximum Gasteiger partial charge on any atom is 0.208 e. The third kappa shape index (κ3) is 3.89. The maximum atomic E-state index is 13.0. The van der Waals surface area contributed by atoms with E-state index in [1.54, 1.807) is 44.5 Å². The summed E-state index contributed by atoms with van der Waals surface area (Å²) in [5.74, 6) is 0. The second-order valence-corrected chi connectivity index (χ2v) is 7.72. The lowest BCUT2D eigenvalue weighted by Crippen LogP contribution is -2.14. The minimum atomic E-state index is -3.77. The molecule has 2 rings (SSSR count). The molecule has 0 unspecified atom stereocenters. The van der Waals surface area contributed by atoms with Gasteiger partial charge in [0, 0.05) is 13.6 Å². The molecule has 2 aromatic rings. The minimum absolute atomic E-state index is 0.0181. The van der Waals surface area contributed by atoms with Crippen molar-refractivity contribution in [1.29, 1.82) is 5.26 Å². The summed E-state index contributed by atoms with van der Waals surface area (Å²) >= 11 is 0. The van der Waals surface area contributed by atoms with Gasteiger partial charge in [0.1, 0.15) is 6.07 Å². The highest BCUT2D eigenvalue weighted by molar-refractivity contribution is 7.91. The third-order valence-corrected chi connectivity index (χ3v) is 5.94. The summed E-state index contributed by atoms with van der Waals surface area (Å²) in [6.45, 7) is 6.33. The van der Waals surface area contributed by atoms with Gasteiger partial charge in [0.05, 0.1) is 27.4 Å². The summed E-state index contributed by atoms with van der Waals surface area (Å²) in [6.07, 6.45) is 1.67. The van der Waals surface area contributed by atoms with Crippen LogP contribution in [0.1, 0.15) is 23.6 Å². The largest absolute Gasteiger partial charge is 0.366 e. The molecule has 130 valence electrons. The van der Waals surface area contributed by atoms with Gasteiger partial charge in [0.15, 0.2) is 0 Å². The normalized spacial score (nSPS) is 11.5. The molecule has 0 spiro atoms. The number of aryl methyl sites for hydroxylation is 2. The van der Waals surface area contributed by atoms with E-state index in [9.17, 15) is 13.7 Å². The van der Waals surface area contributed by atoms with Crippen molar-refractivity contribution < 1.29 is 8.42 Å². The van der Waals surface area contributed by atoms with Crippen LogP contribution in [0.5, 0.6) is 0 Å². The van der Waals surface area contributed by atoms with Gasteiger partial charge in [-0.05, 0) is 50.1 Å². The Morgan fingerprint density at radius 2 is 1.84 bits per heavy atom. The van der Waals surface area contributed by atoms with Gasteiger partial charge in [-0.2, -0.15) is 5.26 Å². The number of nitrogens with zero attached hydrogens (tertiary/aromatic N) is 3. The van der Waals surface area contributed by atoms with Gasteiger partial charge >= 0.3 is 0 Å². The van der Waals surface area contributed by atoms with Gasteiger partial charge in [-0.1, -0.05) is 18.2 Å². The summed E-state index contributed by atoms with van der Waals surface area (Å²) in [5, 5.41) is 9.46. The molecule has 0 aromatic heterocycles. The summed E-state index contributed by atoms with van der Waals surface area (Å²) in [5.41, 5.74) is 2.03. The number of hydrogen-bond acceptors (Lipinski definition) is 4. The molecule has 0 radical (unpaired) electrons. The first-order chi connectivity index (χ1) is 11.8. The zero-order valence-electron chi connectivity index (χ0n) is 14.8. The smallest absolute Gasteiger partial charge is 0.208 e. The lowest BCUT2D eigenvalue weighted by molar-refractivity contribution is 0.552. The van der Waals surface area contributed by atoms with Crippen LogP contribution in [-0.2, 0) is 9.84 Å². The molecular formula is C19H21N3O2S. The summed E-state index contributed by atoms with van der Waals surface area (Å²) in [4.78, 5) is 6.48. The maximum absolute atomic E-state index is 13.0. The lowest BCUT2D eigenvalue weighted by Gasteiger charge is -2.12. The van der Waals surface area contributed by atoms with E-state index in [2.05, 4.69) is 4.99 Å². The summed E-state index contributed by atoms with van der Waals surface area (Å²) in [6, 6.07) is 11.8. The van der Waals surface area contributed by atoms with Gasteiger partial charge < -0.3 is 4.90 Å². The molecule has 5 nitrogen and oxygen atoms in total. The van der Waals surface area contributed by atoms with E-state index in [1.807, 2.05) is 24.9 Å². The Labute approximate surface area is 149 Å². The molecule has 0 heterocycles. The van der Waals surface area contributed by atoms with Crippen molar-refractivity contribution in [1.82, 2.24) is 4.90 Å². The predicted octanol–water partition coefficient (Wildman–Crippen LogP) is 3.62. The molecule has 6 heteroatoms. The van der Waals surface area contributed by atoms with E-state index in [0.29, 0.717) is 16.8 Å². The SMILES string of the molecule is CCN(C)C=Nc1cc(C#N)c(S(=O)(=O)c2ccccc2C)cc1C. The molecule has 25 heavy (non-hydrogen) atoms. The van der Waals surface area contributed by atoms with Crippen molar-refractivity contribution in [3.8, 4) is 6.07 Å². The molecule has 0 amide bonds. The van der Waals surface area contributed by atoms with E-state index in [1.165, 1.54) is 12.1 Å². The van der Waals surface area contributed by atoms with Crippen LogP contribution in [0, 0.1) is 25.2 Å². The molecule has 0 bridgehead atoms. The van der Waals surface area contributed by atoms with Crippen molar-refractivity contribution in [3.63, 3.8) is 0 Å². The number of nitriles is 1. The van der Waals surface area contributed by atoms with Crippen LogP contribution < -0.4 is 0 Å². The highest BCUT2D eigenvalue weighted by atomic mass is 32.2. The first-order valence-electron chi connectivity index (χ1n) is 7.91. The first-order valence-corrected chi connectivity index (χ1v) is 9.39. The van der Waals surface area contributed by atoms with E-state index in [0.717, 1.165) is 6.54 Å². The van der Waals surface area contributed by atoms with Crippen LogP contribution in [0.2, 0.25) is 0 Å². The molecule has 0 N–H and O–H groups in total. The standard InChI is InChI=1S/C19H21N3O2S/c1-5-22(4)13-21-17-11-16(12-20)19(10-15(17)3)25(23,24)18-9-7-6-8-14(18)2/h6-11,13H,5H2,1-4H3. The molecule has 0 aliphatic carbocycles. The van der Waals surface area contributed by atoms with E-state index in [4.69, 9.17) is 0 Å². The zero-order valence-corrected chi connectivity index (χ0v) is 15.6. The average Bonchev–Trinajstić information content (AvgIpc) is 2.60. The Morgan fingerprint density at radius 1 is 1.16 bits per heavy atom. The molecular weight excluding hydrogens is 334 g/mol. The van der Waals surface area contributed by atoms with Crippen LogP contribution in [0.3, 0.4) is 0 Å². The van der Waals surface area contributed by atoms with E-state index < -0.39 is 9.84 Å². The molecule has 0 fully saturated rings. The second-order valence-electron chi connectivity index (χ2n) is 5.83. The van der Waals surface area contributed by atoms with Crippen LogP contribution in [0.15, 0.2) is 51.2 Å². The van der Waals surface area contributed by atoms with Crippen molar-refractivity contribution >= 4 is 21.9 Å². The Bertz CT molecular complexity index is 957. The predicted molar refractivity (Wildman–Crippen MR) is 99.0 cm³/mol. The number of sulfone groups is 1. The third-order valence-electron chi connectivity index (χ3n) is 3.98. The highest BCUT2D eigenvalue weighted by Crippen LogP contribution is 2.31. The lowest BCUT2D eigenvalue weighted by atomic mass is 10.1. The fourth-order valence-electron chi connectivity index (χ4n) is 2.34. The fraction of sp³-hybridized carbons (Fsp3) is 0.263. The summed E-state index contributed by atoms with van der Waals surface area (Å²) < 4.78 is 26.0. The monoisotopic (exact) mass is 355 g/mol. The molecule has 0 saturated heterocycles. The molecule has 0 atom stereocenters. The van der Waals surface area contributed by atoms with Crippen LogP contribution >= 0.6 is 0 Å². The van der Waals surface area contributed by atoms with Gasteiger partial charge in [-0.25, -0.2) is 13.4 Å². The van der Waals surface area contributed by atoms with Crippen molar-refractivity contribution in [2.45, 2.75) is 30.6 Å². The topological polar surface area (TPSA) is 73.5 Å². The van der Waals surface area contributed by atoms with Gasteiger partial charge in [-0.3, -0.25) is 0 Å². The Hall–Kier alpha value is -2.65. The van der Waals surface area contributed by atoms with Gasteiger partial charge in [-0.15, -0.1) is 0 Å². The zero-order chi connectivity index (χ0) is 18.6. The quantitative estimate of drug-likeness (QED) is 0.606. The molecule has 2 aromatic carbocycles. The van der Waals surface area contributed by atoms with Crippen LogP contribution in [0.4, 0.5) is 5.69 Å². The van der Waals surface area contributed by atoms with E-state index >= 15 is 0 Å². The molecule has 0 aliphatic heterocycles. The van der Waals surface area contributed by atoms with Gasteiger partial charge in [0.25, 0.3) is 0 Å². The number of hydrogen-bond donors (Lipinski definition) is 0. The van der Waals surface area contributed by atoms with Crippen LogP contribution in [-0.4, -0.2) is 33.2 Å². The number of aliphatic imine (C=N–C) groups is 1. The minimum Gasteiger partial charge on any atom is -0.366 e. The van der Waals surface area contributed by atoms with Crippen molar-refractivity contribution in [3.05, 3.63) is 53.1 Å². The number of rotatable bonds is 5. The van der Waals surface area contributed by atoms with Crippen LogP contribution in [0.25, 0.3) is 0 Å².